The van der Waals surface area contributed by atoms with Crippen LogP contribution < -0.4 is 10.1 Å². The SMILES string of the molecule is CCN1CCC(N(CCc2ccccn2)C(=O)Nc2ccc(OC)c(Cl)c2)CC1.O=CO. The van der Waals surface area contributed by atoms with Crippen LogP contribution >= 0.6 is 11.6 Å². The minimum Gasteiger partial charge on any atom is -0.495 e. The summed E-state index contributed by atoms with van der Waals surface area (Å²) >= 11 is 6.21. The molecule has 1 aliphatic rings. The average molecular weight is 463 g/mol. The Balaban J connectivity index is 0.00000114. The molecule has 0 atom stereocenters. The van der Waals surface area contributed by atoms with Gasteiger partial charge in [0.1, 0.15) is 5.75 Å². The largest absolute Gasteiger partial charge is 0.495 e. The van der Waals surface area contributed by atoms with Crippen LogP contribution in [0, 0.1) is 0 Å². The lowest BCUT2D eigenvalue weighted by atomic mass is 10.0. The fourth-order valence-electron chi connectivity index (χ4n) is 3.72. The monoisotopic (exact) mass is 462 g/mol. The van der Waals surface area contributed by atoms with E-state index in [1.165, 1.54) is 0 Å². The molecular weight excluding hydrogens is 432 g/mol. The molecule has 2 heterocycles. The van der Waals surface area contributed by atoms with E-state index >= 15 is 0 Å². The maximum atomic E-state index is 13.2. The van der Waals surface area contributed by atoms with Gasteiger partial charge in [-0.15, -0.1) is 0 Å². The van der Waals surface area contributed by atoms with Gasteiger partial charge in [0.25, 0.3) is 6.47 Å². The van der Waals surface area contributed by atoms with Gasteiger partial charge in [-0.3, -0.25) is 9.78 Å². The number of anilines is 1. The Hall–Kier alpha value is -2.84. The number of amides is 2. The van der Waals surface area contributed by atoms with Gasteiger partial charge in [0.15, 0.2) is 0 Å². The fourth-order valence-corrected chi connectivity index (χ4v) is 3.98. The maximum absolute atomic E-state index is 13.2. The zero-order chi connectivity index (χ0) is 23.3. The standard InChI is InChI=1S/C22H29ClN4O2.CH2O2/c1-3-26-13-10-19(11-14-26)27(15-9-17-6-4-5-12-24-17)22(28)25-18-7-8-21(29-2)20(23)16-18;2-1-3/h4-8,12,16,19H,3,9-11,13-15H2,1-2H3,(H,25,28);1H,(H,2,3). The van der Waals surface area contributed by atoms with Crippen molar-refractivity contribution in [1.82, 2.24) is 14.8 Å². The van der Waals surface area contributed by atoms with E-state index in [2.05, 4.69) is 22.1 Å². The number of ether oxygens (including phenoxy) is 1. The first kappa shape index (κ1) is 25.4. The first-order valence-electron chi connectivity index (χ1n) is 10.6. The average Bonchev–Trinajstić information content (AvgIpc) is 2.81. The van der Waals surface area contributed by atoms with Crippen LogP contribution in [0.2, 0.25) is 5.02 Å². The van der Waals surface area contributed by atoms with E-state index in [9.17, 15) is 4.79 Å². The summed E-state index contributed by atoms with van der Waals surface area (Å²) < 4.78 is 5.19. The van der Waals surface area contributed by atoms with Gasteiger partial charge < -0.3 is 25.0 Å². The van der Waals surface area contributed by atoms with Crippen molar-refractivity contribution in [3.8, 4) is 5.75 Å². The molecule has 0 aliphatic carbocycles. The number of urea groups is 1. The first-order chi connectivity index (χ1) is 15.5. The Morgan fingerprint density at radius 1 is 1.34 bits per heavy atom. The predicted molar refractivity (Wildman–Crippen MR) is 125 cm³/mol. The third-order valence-electron chi connectivity index (χ3n) is 5.44. The van der Waals surface area contributed by atoms with Gasteiger partial charge in [0, 0.05) is 49.7 Å². The fraction of sp³-hybridized carbons (Fsp3) is 0.435. The smallest absolute Gasteiger partial charge is 0.322 e. The van der Waals surface area contributed by atoms with Gasteiger partial charge in [-0.1, -0.05) is 24.6 Å². The van der Waals surface area contributed by atoms with E-state index in [1.807, 2.05) is 23.1 Å². The topological polar surface area (TPSA) is 95.0 Å². The number of nitrogens with one attached hydrogen (secondary N) is 1. The highest BCUT2D eigenvalue weighted by molar-refractivity contribution is 6.32. The molecular formula is C23H31ClN4O4. The van der Waals surface area contributed by atoms with Crippen LogP contribution in [0.5, 0.6) is 5.75 Å². The molecule has 0 radical (unpaired) electrons. The number of pyridine rings is 1. The summed E-state index contributed by atoms with van der Waals surface area (Å²) in [7, 11) is 1.57. The molecule has 32 heavy (non-hydrogen) atoms. The number of methoxy groups -OCH3 is 1. The summed E-state index contributed by atoms with van der Waals surface area (Å²) in [5.74, 6) is 0.587. The van der Waals surface area contributed by atoms with Crippen LogP contribution in [-0.2, 0) is 11.2 Å². The van der Waals surface area contributed by atoms with Crippen molar-refractivity contribution < 1.29 is 19.4 Å². The number of halogens is 1. The molecule has 8 nitrogen and oxygen atoms in total. The number of carbonyl (C=O) groups is 2. The highest BCUT2D eigenvalue weighted by Gasteiger charge is 2.27. The number of nitrogens with zero attached hydrogens (tertiary/aromatic N) is 3. The highest BCUT2D eigenvalue weighted by Crippen LogP contribution is 2.27. The summed E-state index contributed by atoms with van der Waals surface area (Å²) in [6.45, 7) is 5.64. The molecule has 1 aromatic heterocycles. The molecule has 2 aromatic rings. The third kappa shape index (κ3) is 7.69. The molecule has 1 fully saturated rings. The van der Waals surface area contributed by atoms with Gasteiger partial charge in [0.2, 0.25) is 0 Å². The molecule has 0 bridgehead atoms. The third-order valence-corrected chi connectivity index (χ3v) is 5.74. The van der Waals surface area contributed by atoms with Crippen LogP contribution in [0.15, 0.2) is 42.6 Å². The van der Waals surface area contributed by atoms with E-state index in [4.69, 9.17) is 26.2 Å². The van der Waals surface area contributed by atoms with E-state index in [1.54, 1.807) is 31.5 Å². The van der Waals surface area contributed by atoms with Crippen LogP contribution in [0.3, 0.4) is 0 Å². The Morgan fingerprint density at radius 3 is 2.62 bits per heavy atom. The van der Waals surface area contributed by atoms with Gasteiger partial charge in [-0.05, 0) is 49.7 Å². The van der Waals surface area contributed by atoms with Gasteiger partial charge >= 0.3 is 6.03 Å². The number of hydrogen-bond acceptors (Lipinski definition) is 5. The number of benzene rings is 1. The van der Waals surface area contributed by atoms with Crippen molar-refractivity contribution in [2.24, 2.45) is 0 Å². The molecule has 0 saturated carbocycles. The van der Waals surface area contributed by atoms with E-state index < -0.39 is 0 Å². The molecule has 2 amide bonds. The second-order valence-corrected chi connectivity index (χ2v) is 7.72. The van der Waals surface area contributed by atoms with Crippen LogP contribution in [0.1, 0.15) is 25.5 Å². The number of carbonyl (C=O) groups excluding carboxylic acids is 1. The molecule has 1 aromatic carbocycles. The molecule has 3 rings (SSSR count). The second-order valence-electron chi connectivity index (χ2n) is 7.31. The number of hydrogen-bond donors (Lipinski definition) is 2. The summed E-state index contributed by atoms with van der Waals surface area (Å²) in [6, 6.07) is 11.3. The molecule has 1 saturated heterocycles. The summed E-state index contributed by atoms with van der Waals surface area (Å²) in [6.07, 6.45) is 4.48. The molecule has 2 N–H and O–H groups in total. The summed E-state index contributed by atoms with van der Waals surface area (Å²) in [5.41, 5.74) is 1.65. The Bertz CT molecular complexity index is 845. The Kier molecular flexibility index (Phi) is 10.8. The summed E-state index contributed by atoms with van der Waals surface area (Å²) in [4.78, 5) is 30.3. The zero-order valence-corrected chi connectivity index (χ0v) is 19.3. The van der Waals surface area contributed by atoms with Crippen molar-refractivity contribution >= 4 is 29.8 Å². The zero-order valence-electron chi connectivity index (χ0n) is 18.5. The molecule has 1 aliphatic heterocycles. The molecule has 0 unspecified atom stereocenters. The quantitative estimate of drug-likeness (QED) is 0.604. The lowest BCUT2D eigenvalue weighted by Gasteiger charge is -2.38. The Morgan fingerprint density at radius 2 is 2.06 bits per heavy atom. The molecule has 174 valence electrons. The van der Waals surface area contributed by atoms with Crippen molar-refractivity contribution in [3.63, 3.8) is 0 Å². The first-order valence-corrected chi connectivity index (χ1v) is 11.0. The minimum absolute atomic E-state index is 0.0999. The van der Waals surface area contributed by atoms with E-state index in [0.29, 0.717) is 23.0 Å². The van der Waals surface area contributed by atoms with Crippen molar-refractivity contribution in [2.75, 3.05) is 38.6 Å². The predicted octanol–water partition coefficient (Wildman–Crippen LogP) is 4.01. The van der Waals surface area contributed by atoms with Gasteiger partial charge in [0.05, 0.1) is 12.1 Å². The van der Waals surface area contributed by atoms with Gasteiger partial charge in [-0.25, -0.2) is 4.79 Å². The van der Waals surface area contributed by atoms with Crippen LogP contribution in [0.4, 0.5) is 10.5 Å². The van der Waals surface area contributed by atoms with E-state index in [0.717, 1.165) is 44.6 Å². The van der Waals surface area contributed by atoms with Gasteiger partial charge in [-0.2, -0.15) is 0 Å². The number of likely N-dealkylation sites (tertiary alicyclic amines) is 1. The maximum Gasteiger partial charge on any atom is 0.322 e. The number of piperidine rings is 1. The minimum atomic E-state index is -0.250. The summed E-state index contributed by atoms with van der Waals surface area (Å²) in [5, 5.41) is 10.4. The van der Waals surface area contributed by atoms with Crippen LogP contribution in [0.25, 0.3) is 0 Å². The van der Waals surface area contributed by atoms with Crippen molar-refractivity contribution in [3.05, 3.63) is 53.3 Å². The van der Waals surface area contributed by atoms with Crippen molar-refractivity contribution in [1.29, 1.82) is 0 Å². The molecule has 0 spiro atoms. The lowest BCUT2D eigenvalue weighted by Crippen LogP contribution is -2.49. The normalized spacial score (nSPS) is 14.1. The van der Waals surface area contributed by atoms with E-state index in [-0.39, 0.29) is 18.5 Å². The second kappa shape index (κ2) is 13.5. The number of aromatic nitrogens is 1. The Labute approximate surface area is 194 Å². The number of carboxylic acid groups (broad SMARTS) is 1. The van der Waals surface area contributed by atoms with Crippen molar-refractivity contribution in [2.45, 2.75) is 32.2 Å². The highest BCUT2D eigenvalue weighted by atomic mass is 35.5. The van der Waals surface area contributed by atoms with Crippen LogP contribution in [-0.4, -0.2) is 71.7 Å². The molecule has 9 heteroatoms. The number of rotatable bonds is 7. The lowest BCUT2D eigenvalue weighted by molar-refractivity contribution is -0.122.